The van der Waals surface area contributed by atoms with Crippen molar-refractivity contribution in [3.8, 4) is 16.9 Å². The Bertz CT molecular complexity index is 1030. The smallest absolute Gasteiger partial charge is 0.318 e. The van der Waals surface area contributed by atoms with Gasteiger partial charge >= 0.3 is 5.97 Å². The Morgan fingerprint density at radius 3 is 2.50 bits per heavy atom. The van der Waals surface area contributed by atoms with Crippen LogP contribution < -0.4 is 10.5 Å². The molecule has 0 radical (unpaired) electrons. The number of hydrogen-bond donors (Lipinski definition) is 2. The Labute approximate surface area is 175 Å². The molecule has 2 aliphatic rings. The molecular formula is C23H25N3O4. The van der Waals surface area contributed by atoms with E-state index in [1.165, 1.54) is 18.2 Å². The molecule has 2 aromatic carbocycles. The third-order valence-corrected chi connectivity index (χ3v) is 6.08. The quantitative estimate of drug-likeness (QED) is 0.342. The Morgan fingerprint density at radius 2 is 1.83 bits per heavy atom. The lowest BCUT2D eigenvalue weighted by atomic mass is 9.84. The minimum Gasteiger partial charge on any atom is -0.491 e. The normalized spacial score (nSPS) is 19.8. The number of hydrogen-bond acceptors (Lipinski definition) is 5. The van der Waals surface area contributed by atoms with E-state index in [4.69, 9.17) is 20.6 Å². The van der Waals surface area contributed by atoms with Crippen LogP contribution >= 0.6 is 0 Å². The molecule has 3 N–H and O–H groups in total. The standard InChI is InChI=1S/C23H25N3O4/c1-26-16(11-20(22(26)27)23(28)29-2)12-30-17-6-8-19-14(10-17)4-3-13-9-15(21(24)25)5-7-18(13)19/h5-10,16,20H,3-4,11-12H2,1-2H3,(H3,24,25)/t16-,20-/m0/s1. The summed E-state index contributed by atoms with van der Waals surface area (Å²) >= 11 is 0. The zero-order valence-electron chi connectivity index (χ0n) is 17.1. The van der Waals surface area contributed by atoms with Crippen LogP contribution in [0.3, 0.4) is 0 Å². The number of rotatable bonds is 5. The van der Waals surface area contributed by atoms with Crippen molar-refractivity contribution in [2.75, 3.05) is 20.8 Å². The van der Waals surface area contributed by atoms with Crippen LogP contribution in [0.2, 0.25) is 0 Å². The van der Waals surface area contributed by atoms with Crippen molar-refractivity contribution in [2.45, 2.75) is 25.3 Å². The molecule has 1 saturated heterocycles. The zero-order valence-corrected chi connectivity index (χ0v) is 17.1. The van der Waals surface area contributed by atoms with Gasteiger partial charge in [0.1, 0.15) is 24.1 Å². The number of benzene rings is 2. The number of carbonyl (C=O) groups is 2. The van der Waals surface area contributed by atoms with Gasteiger partial charge in [-0.25, -0.2) is 0 Å². The number of amides is 1. The molecule has 0 bridgehead atoms. The monoisotopic (exact) mass is 407 g/mol. The summed E-state index contributed by atoms with van der Waals surface area (Å²) in [6, 6.07) is 11.8. The molecule has 0 unspecified atom stereocenters. The summed E-state index contributed by atoms with van der Waals surface area (Å²) in [7, 11) is 2.99. The summed E-state index contributed by atoms with van der Waals surface area (Å²) in [5.41, 5.74) is 11.1. The van der Waals surface area contributed by atoms with E-state index in [0.29, 0.717) is 13.0 Å². The lowest BCUT2D eigenvalue weighted by Gasteiger charge is -2.23. The highest BCUT2D eigenvalue weighted by atomic mass is 16.5. The second kappa shape index (κ2) is 7.82. The Balaban J connectivity index is 1.48. The van der Waals surface area contributed by atoms with Crippen LogP contribution in [0.25, 0.3) is 11.1 Å². The van der Waals surface area contributed by atoms with Crippen molar-refractivity contribution in [3.05, 3.63) is 53.1 Å². The van der Waals surface area contributed by atoms with E-state index in [-0.39, 0.29) is 17.8 Å². The van der Waals surface area contributed by atoms with Crippen LogP contribution in [0, 0.1) is 11.3 Å². The minimum atomic E-state index is -0.742. The topological polar surface area (TPSA) is 106 Å². The fraction of sp³-hybridized carbons (Fsp3) is 0.348. The maximum atomic E-state index is 12.3. The molecule has 156 valence electrons. The number of esters is 1. The number of amidine groups is 1. The van der Waals surface area contributed by atoms with E-state index in [2.05, 4.69) is 6.07 Å². The highest BCUT2D eigenvalue weighted by Crippen LogP contribution is 2.36. The lowest BCUT2D eigenvalue weighted by molar-refractivity contribution is -0.150. The van der Waals surface area contributed by atoms with Gasteiger partial charge in [-0.15, -0.1) is 0 Å². The molecular weight excluding hydrogens is 382 g/mol. The van der Waals surface area contributed by atoms with Crippen LogP contribution in [0.1, 0.15) is 23.1 Å². The van der Waals surface area contributed by atoms with Crippen LogP contribution in [0.4, 0.5) is 0 Å². The third kappa shape index (κ3) is 3.51. The SMILES string of the molecule is COC(=O)[C@H]1C[C@@H](COc2ccc3c(c2)CCc2cc(C(=N)N)ccc2-3)N(C)C1=O. The lowest BCUT2D eigenvalue weighted by Crippen LogP contribution is -2.34. The number of nitrogen functional groups attached to an aromatic ring is 1. The van der Waals surface area contributed by atoms with E-state index >= 15 is 0 Å². The van der Waals surface area contributed by atoms with Gasteiger partial charge in [0.2, 0.25) is 5.91 Å². The average Bonchev–Trinajstić information content (AvgIpc) is 3.04. The minimum absolute atomic E-state index is 0.0807. The number of nitrogens with one attached hydrogen (secondary N) is 1. The van der Waals surface area contributed by atoms with Crippen molar-refractivity contribution >= 4 is 17.7 Å². The van der Waals surface area contributed by atoms with Gasteiger partial charge in [0.05, 0.1) is 13.2 Å². The summed E-state index contributed by atoms with van der Waals surface area (Å²) < 4.78 is 10.7. The van der Waals surface area contributed by atoms with E-state index < -0.39 is 11.9 Å². The number of ether oxygens (including phenoxy) is 2. The van der Waals surface area contributed by atoms with E-state index in [1.54, 1.807) is 11.9 Å². The molecule has 1 amide bonds. The first-order chi connectivity index (χ1) is 14.4. The van der Waals surface area contributed by atoms with Gasteiger partial charge in [0.25, 0.3) is 0 Å². The van der Waals surface area contributed by atoms with Crippen molar-refractivity contribution in [2.24, 2.45) is 11.7 Å². The van der Waals surface area contributed by atoms with Crippen molar-refractivity contribution in [1.82, 2.24) is 4.90 Å². The molecule has 1 heterocycles. The van der Waals surface area contributed by atoms with Crippen molar-refractivity contribution in [3.63, 3.8) is 0 Å². The van der Waals surface area contributed by atoms with Crippen LogP contribution in [0.5, 0.6) is 5.75 Å². The molecule has 1 aliphatic carbocycles. The van der Waals surface area contributed by atoms with Crippen LogP contribution in [0.15, 0.2) is 36.4 Å². The maximum Gasteiger partial charge on any atom is 0.318 e. The number of nitrogens with two attached hydrogens (primary N) is 1. The summed E-state index contributed by atoms with van der Waals surface area (Å²) in [5.74, 6) is -0.622. The summed E-state index contributed by atoms with van der Waals surface area (Å²) in [6.45, 7) is 0.326. The predicted octanol–water partition coefficient (Wildman–Crippen LogP) is 2.13. The molecule has 7 heteroatoms. The molecule has 30 heavy (non-hydrogen) atoms. The van der Waals surface area contributed by atoms with Crippen LogP contribution in [-0.4, -0.2) is 49.4 Å². The fourth-order valence-corrected chi connectivity index (χ4v) is 4.30. The zero-order chi connectivity index (χ0) is 21.4. The first kappa shape index (κ1) is 19.9. The van der Waals surface area contributed by atoms with Gasteiger partial charge in [0.15, 0.2) is 0 Å². The predicted molar refractivity (Wildman–Crippen MR) is 112 cm³/mol. The summed E-state index contributed by atoms with van der Waals surface area (Å²) in [4.78, 5) is 25.6. The van der Waals surface area contributed by atoms with E-state index in [1.807, 2.05) is 30.3 Å². The highest BCUT2D eigenvalue weighted by molar-refractivity contribution is 5.99. The van der Waals surface area contributed by atoms with Gasteiger partial charge in [-0.1, -0.05) is 18.2 Å². The third-order valence-electron chi connectivity index (χ3n) is 6.08. The number of fused-ring (bicyclic) bond motifs is 3. The molecule has 2 aromatic rings. The number of nitrogens with zero attached hydrogens (tertiary/aromatic N) is 1. The second-order valence-corrected chi connectivity index (χ2v) is 7.83. The Morgan fingerprint density at radius 1 is 1.17 bits per heavy atom. The highest BCUT2D eigenvalue weighted by Gasteiger charge is 2.42. The van der Waals surface area contributed by atoms with Crippen molar-refractivity contribution in [1.29, 1.82) is 5.41 Å². The molecule has 1 aliphatic heterocycles. The number of methoxy groups -OCH3 is 1. The Kier molecular flexibility index (Phi) is 5.20. The van der Waals surface area contributed by atoms with Gasteiger partial charge in [-0.05, 0) is 59.7 Å². The van der Waals surface area contributed by atoms with Gasteiger partial charge in [-0.3, -0.25) is 15.0 Å². The molecule has 0 spiro atoms. The summed E-state index contributed by atoms with van der Waals surface area (Å²) in [5, 5.41) is 7.63. The molecule has 2 atom stereocenters. The van der Waals surface area contributed by atoms with E-state index in [0.717, 1.165) is 35.3 Å². The largest absolute Gasteiger partial charge is 0.491 e. The van der Waals surface area contributed by atoms with Crippen molar-refractivity contribution < 1.29 is 19.1 Å². The fourth-order valence-electron chi connectivity index (χ4n) is 4.30. The molecule has 7 nitrogen and oxygen atoms in total. The number of carbonyl (C=O) groups excluding carboxylic acids is 2. The van der Waals surface area contributed by atoms with Crippen LogP contribution in [-0.2, 0) is 27.2 Å². The summed E-state index contributed by atoms with van der Waals surface area (Å²) in [6.07, 6.45) is 2.17. The molecule has 0 aromatic heterocycles. The molecule has 0 saturated carbocycles. The van der Waals surface area contributed by atoms with E-state index in [9.17, 15) is 9.59 Å². The average molecular weight is 407 g/mol. The Hall–Kier alpha value is -3.35. The first-order valence-electron chi connectivity index (χ1n) is 9.97. The maximum absolute atomic E-state index is 12.3. The first-order valence-corrected chi connectivity index (χ1v) is 9.97. The van der Waals surface area contributed by atoms with Gasteiger partial charge < -0.3 is 20.1 Å². The second-order valence-electron chi connectivity index (χ2n) is 7.83. The number of aryl methyl sites for hydroxylation is 2. The van der Waals surface area contributed by atoms with Gasteiger partial charge in [0, 0.05) is 12.6 Å². The number of likely N-dealkylation sites (N-methyl/N-ethyl adjacent to an activating group) is 1. The van der Waals surface area contributed by atoms with Gasteiger partial charge in [-0.2, -0.15) is 0 Å². The number of likely N-dealkylation sites (tertiary alicyclic amines) is 1. The molecule has 1 fully saturated rings. The molecule has 4 rings (SSSR count).